The van der Waals surface area contributed by atoms with E-state index >= 15 is 0 Å². The molecule has 1 heterocycles. The van der Waals surface area contributed by atoms with Crippen molar-refractivity contribution in [2.75, 3.05) is 5.32 Å². The minimum Gasteiger partial charge on any atom is -0.465 e. The largest absolute Gasteiger partial charge is 0.465 e. The van der Waals surface area contributed by atoms with Crippen LogP contribution in [0.1, 0.15) is 11.3 Å². The maximum atomic E-state index is 10.9. The molecule has 25 heavy (non-hydrogen) atoms. The molecule has 0 saturated heterocycles. The van der Waals surface area contributed by atoms with Crippen LogP contribution in [-0.2, 0) is 6.42 Å². The molecule has 0 fully saturated rings. The zero-order chi connectivity index (χ0) is 17.8. The van der Waals surface area contributed by atoms with Gasteiger partial charge in [-0.25, -0.2) is 4.79 Å². The van der Waals surface area contributed by atoms with Crippen molar-refractivity contribution in [1.29, 1.82) is 5.26 Å². The van der Waals surface area contributed by atoms with E-state index < -0.39 is 6.09 Å². The lowest BCUT2D eigenvalue weighted by Gasteiger charge is -2.05. The van der Waals surface area contributed by atoms with Crippen molar-refractivity contribution in [2.45, 2.75) is 13.3 Å². The van der Waals surface area contributed by atoms with E-state index in [-0.39, 0.29) is 0 Å². The van der Waals surface area contributed by atoms with Crippen molar-refractivity contribution in [3.05, 3.63) is 59.8 Å². The molecular weight excluding hydrogens is 318 g/mol. The molecule has 0 unspecified atom stereocenters. The summed E-state index contributed by atoms with van der Waals surface area (Å²) >= 11 is 0. The molecule has 0 saturated carbocycles. The first-order valence-corrected chi connectivity index (χ1v) is 7.61. The van der Waals surface area contributed by atoms with Crippen LogP contribution >= 0.6 is 0 Å². The van der Waals surface area contributed by atoms with Gasteiger partial charge in [0.15, 0.2) is 5.76 Å². The third-order valence-corrected chi connectivity index (χ3v) is 3.81. The Morgan fingerprint density at radius 2 is 1.68 bits per heavy atom. The van der Waals surface area contributed by atoms with Gasteiger partial charge in [-0.2, -0.15) is 5.26 Å². The lowest BCUT2D eigenvalue weighted by atomic mass is 10.0. The van der Waals surface area contributed by atoms with Crippen LogP contribution in [0.3, 0.4) is 0 Å². The Labute approximate surface area is 144 Å². The molecule has 3 rings (SSSR count). The Morgan fingerprint density at radius 3 is 2.24 bits per heavy atom. The van der Waals surface area contributed by atoms with Crippen molar-refractivity contribution >= 4 is 11.8 Å². The van der Waals surface area contributed by atoms with Gasteiger partial charge in [0.2, 0.25) is 0 Å². The van der Waals surface area contributed by atoms with Crippen molar-refractivity contribution in [3.63, 3.8) is 0 Å². The number of nitrogens with one attached hydrogen (secondary N) is 1. The van der Waals surface area contributed by atoms with E-state index in [0.29, 0.717) is 23.6 Å². The van der Waals surface area contributed by atoms with Crippen LogP contribution in [0, 0.1) is 18.3 Å². The quantitative estimate of drug-likeness (QED) is 0.733. The standard InChI is InChI=1S/C19H15N3O3/c1-12-17(21-19(23)24)18(25-22-12)16-8-6-15(7-9-16)14-4-2-13(3-5-14)10-11-20/h2-9,21H,10H2,1H3,(H,23,24). The molecule has 2 N–H and O–H groups in total. The number of anilines is 1. The summed E-state index contributed by atoms with van der Waals surface area (Å²) in [6.45, 7) is 1.68. The minimum absolute atomic E-state index is 0.348. The Bertz CT molecular complexity index is 936. The highest BCUT2D eigenvalue weighted by atomic mass is 16.5. The predicted octanol–water partition coefficient (Wildman–Crippen LogP) is 4.47. The number of hydrogen-bond acceptors (Lipinski definition) is 4. The number of benzene rings is 2. The molecule has 0 aliphatic heterocycles. The average Bonchev–Trinajstić information content (AvgIpc) is 2.96. The lowest BCUT2D eigenvalue weighted by Crippen LogP contribution is -2.08. The van der Waals surface area contributed by atoms with E-state index in [2.05, 4.69) is 16.5 Å². The molecule has 3 aromatic rings. The first-order chi connectivity index (χ1) is 12.1. The zero-order valence-corrected chi connectivity index (χ0v) is 13.5. The third-order valence-electron chi connectivity index (χ3n) is 3.81. The number of amides is 1. The molecule has 0 aliphatic carbocycles. The molecule has 1 aromatic heterocycles. The van der Waals surface area contributed by atoms with Crippen LogP contribution in [0.2, 0.25) is 0 Å². The Morgan fingerprint density at radius 1 is 1.12 bits per heavy atom. The SMILES string of the molecule is Cc1noc(-c2ccc(-c3ccc(CC#N)cc3)cc2)c1NC(=O)O. The van der Waals surface area contributed by atoms with Gasteiger partial charge >= 0.3 is 6.09 Å². The molecule has 2 aromatic carbocycles. The van der Waals surface area contributed by atoms with Gasteiger partial charge in [0, 0.05) is 5.56 Å². The van der Waals surface area contributed by atoms with Gasteiger partial charge in [0.1, 0.15) is 11.4 Å². The number of rotatable bonds is 4. The van der Waals surface area contributed by atoms with Gasteiger partial charge in [-0.05, 0) is 23.6 Å². The number of carbonyl (C=O) groups is 1. The molecule has 1 amide bonds. The maximum absolute atomic E-state index is 10.9. The highest BCUT2D eigenvalue weighted by Gasteiger charge is 2.17. The van der Waals surface area contributed by atoms with Crippen molar-refractivity contribution in [3.8, 4) is 28.5 Å². The number of aryl methyl sites for hydroxylation is 1. The van der Waals surface area contributed by atoms with E-state index in [1.54, 1.807) is 6.92 Å². The lowest BCUT2D eigenvalue weighted by molar-refractivity contribution is 0.209. The fraction of sp³-hybridized carbons (Fsp3) is 0.105. The van der Waals surface area contributed by atoms with Gasteiger partial charge in [0.05, 0.1) is 12.5 Å². The smallest absolute Gasteiger partial charge is 0.409 e. The van der Waals surface area contributed by atoms with Crippen molar-refractivity contribution in [2.24, 2.45) is 0 Å². The number of nitrogens with zero attached hydrogens (tertiary/aromatic N) is 2. The first-order valence-electron chi connectivity index (χ1n) is 7.61. The highest BCUT2D eigenvalue weighted by molar-refractivity contribution is 5.89. The topological polar surface area (TPSA) is 99.2 Å². The highest BCUT2D eigenvalue weighted by Crippen LogP contribution is 2.32. The van der Waals surface area contributed by atoms with Crippen molar-refractivity contribution in [1.82, 2.24) is 5.16 Å². The summed E-state index contributed by atoms with van der Waals surface area (Å²) in [6, 6.07) is 17.5. The Balaban J connectivity index is 1.88. The van der Waals surface area contributed by atoms with Crippen LogP contribution < -0.4 is 5.32 Å². The molecule has 124 valence electrons. The molecule has 0 radical (unpaired) electrons. The van der Waals surface area contributed by atoms with E-state index in [0.717, 1.165) is 22.3 Å². The van der Waals surface area contributed by atoms with E-state index in [1.807, 2.05) is 48.5 Å². The summed E-state index contributed by atoms with van der Waals surface area (Å²) in [7, 11) is 0. The monoisotopic (exact) mass is 333 g/mol. The fourth-order valence-electron chi connectivity index (χ4n) is 2.54. The summed E-state index contributed by atoms with van der Waals surface area (Å²) in [4.78, 5) is 10.9. The van der Waals surface area contributed by atoms with Gasteiger partial charge in [-0.1, -0.05) is 53.7 Å². The Kier molecular flexibility index (Phi) is 4.48. The van der Waals surface area contributed by atoms with Crippen LogP contribution in [0.15, 0.2) is 53.1 Å². The second-order valence-corrected chi connectivity index (χ2v) is 5.51. The number of aromatic nitrogens is 1. The number of carboxylic acid groups (broad SMARTS) is 1. The average molecular weight is 333 g/mol. The second kappa shape index (κ2) is 6.89. The van der Waals surface area contributed by atoms with Crippen molar-refractivity contribution < 1.29 is 14.4 Å². The summed E-state index contributed by atoms with van der Waals surface area (Å²) in [6.07, 6.45) is -0.773. The fourth-order valence-corrected chi connectivity index (χ4v) is 2.54. The van der Waals surface area contributed by atoms with Crippen LogP contribution in [0.25, 0.3) is 22.5 Å². The molecular formula is C19H15N3O3. The molecule has 0 atom stereocenters. The first kappa shape index (κ1) is 16.3. The predicted molar refractivity (Wildman–Crippen MR) is 93.1 cm³/mol. The summed E-state index contributed by atoms with van der Waals surface area (Å²) in [5, 5.41) is 23.8. The third kappa shape index (κ3) is 3.51. The molecule has 0 aliphatic rings. The van der Waals surface area contributed by atoms with Crippen LogP contribution in [0.4, 0.5) is 10.5 Å². The van der Waals surface area contributed by atoms with E-state index in [1.165, 1.54) is 0 Å². The summed E-state index contributed by atoms with van der Waals surface area (Å²) < 4.78 is 5.26. The van der Waals surface area contributed by atoms with E-state index in [9.17, 15) is 4.79 Å². The maximum Gasteiger partial charge on any atom is 0.409 e. The zero-order valence-electron chi connectivity index (χ0n) is 13.5. The molecule has 6 heteroatoms. The molecule has 0 spiro atoms. The van der Waals surface area contributed by atoms with Gasteiger partial charge in [0.25, 0.3) is 0 Å². The number of nitriles is 1. The van der Waals surface area contributed by atoms with Gasteiger partial charge in [-0.3, -0.25) is 5.32 Å². The molecule has 6 nitrogen and oxygen atoms in total. The second-order valence-electron chi connectivity index (χ2n) is 5.51. The van der Waals surface area contributed by atoms with Gasteiger partial charge < -0.3 is 9.63 Å². The summed E-state index contributed by atoms with van der Waals surface area (Å²) in [5.41, 5.74) is 4.58. The summed E-state index contributed by atoms with van der Waals surface area (Å²) in [5.74, 6) is 0.385. The Hall–Kier alpha value is -3.59. The minimum atomic E-state index is -1.17. The van der Waals surface area contributed by atoms with Crippen LogP contribution in [0.5, 0.6) is 0 Å². The van der Waals surface area contributed by atoms with E-state index in [4.69, 9.17) is 14.9 Å². The van der Waals surface area contributed by atoms with Crippen LogP contribution in [-0.4, -0.2) is 16.4 Å². The molecule has 0 bridgehead atoms. The van der Waals surface area contributed by atoms with Gasteiger partial charge in [-0.15, -0.1) is 0 Å². The number of hydrogen-bond donors (Lipinski definition) is 2. The normalized spacial score (nSPS) is 10.2.